The van der Waals surface area contributed by atoms with Crippen LogP contribution in [0.2, 0.25) is 0 Å². The van der Waals surface area contributed by atoms with Gasteiger partial charge >= 0.3 is 0 Å². The molecule has 0 unspecified atom stereocenters. The predicted octanol–water partition coefficient (Wildman–Crippen LogP) is -0.775. The van der Waals surface area contributed by atoms with Crippen LogP contribution in [0, 0.1) is 6.20 Å². The van der Waals surface area contributed by atoms with Gasteiger partial charge in [0.1, 0.15) is 11.3 Å². The molecule has 0 saturated carbocycles. The van der Waals surface area contributed by atoms with Gasteiger partial charge in [-0.25, -0.2) is 4.98 Å². The minimum Gasteiger partial charge on any atom is -0.361 e. The first-order chi connectivity index (χ1) is 5.95. The number of hydrogen-bond acceptors (Lipinski definition) is 2. The van der Waals surface area contributed by atoms with Gasteiger partial charge in [0.2, 0.25) is 0 Å². The summed E-state index contributed by atoms with van der Waals surface area (Å²) in [5, 5.41) is 4.13. The van der Waals surface area contributed by atoms with E-state index in [0.29, 0.717) is 5.65 Å². The molecule has 0 amide bonds. The normalized spacial score (nSPS) is 11.3. The van der Waals surface area contributed by atoms with Gasteiger partial charge in [-0.2, -0.15) is 10.7 Å². The first-order valence-corrected chi connectivity index (χ1v) is 3.50. The van der Waals surface area contributed by atoms with E-state index in [1.165, 1.54) is 0 Å². The molecule has 3 aromatic rings. The lowest BCUT2D eigenvalue weighted by molar-refractivity contribution is -0.678. The van der Waals surface area contributed by atoms with E-state index in [2.05, 4.69) is 21.3 Å². The summed E-state index contributed by atoms with van der Waals surface area (Å²) in [4.78, 5) is 8.19. The summed E-state index contributed by atoms with van der Waals surface area (Å²) in [6.45, 7) is 0. The van der Waals surface area contributed by atoms with Crippen LogP contribution in [-0.4, -0.2) is 14.5 Å². The largest absolute Gasteiger partial charge is 0.361 e. The van der Waals surface area contributed by atoms with Crippen LogP contribution in [0.25, 0.3) is 11.3 Å². The van der Waals surface area contributed by atoms with Crippen LogP contribution < -0.4 is 9.73 Å². The van der Waals surface area contributed by atoms with Gasteiger partial charge in [-0.15, -0.1) is 11.3 Å². The van der Waals surface area contributed by atoms with Crippen molar-refractivity contribution in [3.05, 3.63) is 30.9 Å². The van der Waals surface area contributed by atoms with Crippen molar-refractivity contribution >= 4 is 11.3 Å². The second-order valence-corrected chi connectivity index (χ2v) is 2.38. The zero-order chi connectivity index (χ0) is 7.97. The predicted molar refractivity (Wildman–Crippen MR) is 38.3 cm³/mol. The van der Waals surface area contributed by atoms with E-state index in [0.717, 1.165) is 5.65 Å². The Kier molecular flexibility index (Phi) is 0.864. The van der Waals surface area contributed by atoms with Crippen molar-refractivity contribution in [3.8, 4) is 0 Å². The van der Waals surface area contributed by atoms with E-state index in [1.807, 2.05) is 6.20 Å². The highest BCUT2D eigenvalue weighted by Gasteiger charge is 1.97. The number of hydrogen-bond donors (Lipinski definition) is 0. The third kappa shape index (κ3) is 0.554. The first-order valence-electron chi connectivity index (χ1n) is 3.50. The molecule has 0 saturated heterocycles. The minimum atomic E-state index is 0.634. The maximum atomic E-state index is 4.14. The molecule has 0 fully saturated rings. The Morgan fingerprint density at radius 2 is 2.33 bits per heavy atom. The van der Waals surface area contributed by atoms with E-state index in [1.54, 1.807) is 27.6 Å². The molecule has 0 N–H and O–H groups in total. The topological polar surface area (TPSA) is 48.4 Å². The lowest BCUT2D eigenvalue weighted by Gasteiger charge is -1.90. The number of aromatic nitrogens is 5. The van der Waals surface area contributed by atoms with E-state index in [4.69, 9.17) is 0 Å². The second kappa shape index (κ2) is 1.82. The molecule has 0 atom stereocenters. The van der Waals surface area contributed by atoms with Crippen molar-refractivity contribution in [1.82, 2.24) is 19.6 Å². The van der Waals surface area contributed by atoms with Crippen LogP contribution in [-0.2, 0) is 0 Å². The van der Waals surface area contributed by atoms with Crippen LogP contribution in [0.5, 0.6) is 0 Å². The average molecular weight is 158 g/mol. The highest BCUT2D eigenvalue weighted by molar-refractivity contribution is 5.61. The summed E-state index contributed by atoms with van der Waals surface area (Å²) in [6, 6.07) is 1.78. The molecule has 0 aliphatic rings. The number of nitrogens with zero attached hydrogens (tertiary/aromatic N) is 5. The minimum absolute atomic E-state index is 0.634. The van der Waals surface area contributed by atoms with Crippen LogP contribution in [0.3, 0.4) is 0 Å². The number of rotatable bonds is 0. The molecule has 0 bridgehead atoms. The molecule has 5 nitrogen and oxygen atoms in total. The Morgan fingerprint density at radius 3 is 3.33 bits per heavy atom. The molecule has 12 heavy (non-hydrogen) atoms. The lowest BCUT2D eigenvalue weighted by atomic mass is 10.6. The molecular weight excluding hydrogens is 154 g/mol. The standard InChI is InChI=1S/C7H4N5/c1-4-11-7-6(8-2-3-9-7)10-12(11)5-1/h1-4H/q-1. The second-order valence-electron chi connectivity index (χ2n) is 2.38. The maximum absolute atomic E-state index is 4.14. The zero-order valence-corrected chi connectivity index (χ0v) is 6.05. The van der Waals surface area contributed by atoms with Crippen LogP contribution in [0.1, 0.15) is 0 Å². The number of fused-ring (bicyclic) bond motifs is 3. The Labute approximate surface area is 67.3 Å². The molecule has 0 aliphatic carbocycles. The Bertz CT molecular complexity index is 534. The van der Waals surface area contributed by atoms with Gasteiger partial charge in [0.15, 0.2) is 0 Å². The molecule has 0 aliphatic heterocycles. The fourth-order valence-electron chi connectivity index (χ4n) is 1.18. The molecular formula is C7H4N5-. The lowest BCUT2D eigenvalue weighted by Crippen LogP contribution is -2.28. The van der Waals surface area contributed by atoms with Gasteiger partial charge in [-0.1, -0.05) is 0 Å². The van der Waals surface area contributed by atoms with Crippen LogP contribution >= 0.6 is 0 Å². The summed E-state index contributed by atoms with van der Waals surface area (Å²) in [5.41, 5.74) is 1.38. The Hall–Kier alpha value is -1.91. The summed E-state index contributed by atoms with van der Waals surface area (Å²) in [7, 11) is 0. The highest BCUT2D eigenvalue weighted by atomic mass is 15.5. The SMILES string of the molecule is [c-]1ccn2c3nccnc3[n-][n+]12. The van der Waals surface area contributed by atoms with E-state index in [9.17, 15) is 0 Å². The summed E-state index contributed by atoms with van der Waals surface area (Å²) in [6.07, 6.45) is 8.00. The van der Waals surface area contributed by atoms with Gasteiger partial charge in [-0.3, -0.25) is 4.52 Å². The molecule has 3 aromatic heterocycles. The first kappa shape index (κ1) is 5.70. The zero-order valence-electron chi connectivity index (χ0n) is 6.05. The molecule has 0 aromatic carbocycles. The van der Waals surface area contributed by atoms with E-state index >= 15 is 0 Å². The Morgan fingerprint density at radius 1 is 1.42 bits per heavy atom. The third-order valence-electron chi connectivity index (χ3n) is 1.68. The maximum Gasteiger partial charge on any atom is 0.131 e. The van der Waals surface area contributed by atoms with Crippen LogP contribution in [0.15, 0.2) is 24.7 Å². The molecule has 58 valence electrons. The van der Waals surface area contributed by atoms with Crippen molar-refractivity contribution in [3.63, 3.8) is 0 Å². The quantitative estimate of drug-likeness (QED) is 0.318. The summed E-state index contributed by atoms with van der Waals surface area (Å²) >= 11 is 0. The van der Waals surface area contributed by atoms with Crippen LogP contribution in [0.4, 0.5) is 0 Å². The third-order valence-corrected chi connectivity index (χ3v) is 1.68. The summed E-state index contributed by atoms with van der Waals surface area (Å²) < 4.78 is 3.35. The fraction of sp³-hybridized carbons (Fsp3) is 0. The molecule has 0 spiro atoms. The summed E-state index contributed by atoms with van der Waals surface area (Å²) in [5.74, 6) is 0. The van der Waals surface area contributed by atoms with Crippen molar-refractivity contribution in [2.45, 2.75) is 0 Å². The highest BCUT2D eigenvalue weighted by Crippen LogP contribution is 1.98. The molecule has 5 heteroatoms. The van der Waals surface area contributed by atoms with Crippen molar-refractivity contribution < 1.29 is 4.63 Å². The monoisotopic (exact) mass is 158 g/mol. The van der Waals surface area contributed by atoms with Gasteiger partial charge in [0.05, 0.1) is 6.20 Å². The van der Waals surface area contributed by atoms with Crippen molar-refractivity contribution in [2.24, 2.45) is 0 Å². The average Bonchev–Trinajstić information content (AvgIpc) is 2.62. The van der Waals surface area contributed by atoms with E-state index in [-0.39, 0.29) is 0 Å². The molecule has 3 rings (SSSR count). The van der Waals surface area contributed by atoms with E-state index < -0.39 is 0 Å². The van der Waals surface area contributed by atoms with Crippen molar-refractivity contribution in [1.29, 1.82) is 0 Å². The Balaban J connectivity index is 2.68. The van der Waals surface area contributed by atoms with Crippen molar-refractivity contribution in [2.75, 3.05) is 0 Å². The fourth-order valence-corrected chi connectivity index (χ4v) is 1.18. The van der Waals surface area contributed by atoms with Gasteiger partial charge in [0, 0.05) is 6.20 Å². The van der Waals surface area contributed by atoms with Gasteiger partial charge < -0.3 is 4.98 Å². The molecule has 3 heterocycles. The van der Waals surface area contributed by atoms with Gasteiger partial charge in [-0.05, 0) is 6.20 Å². The smallest absolute Gasteiger partial charge is 0.131 e. The molecule has 0 radical (unpaired) electrons. The van der Waals surface area contributed by atoms with Gasteiger partial charge in [0.25, 0.3) is 0 Å².